The van der Waals surface area contributed by atoms with Gasteiger partial charge in [0.25, 0.3) is 0 Å². The summed E-state index contributed by atoms with van der Waals surface area (Å²) in [5, 5.41) is 10.1. The maximum Gasteiger partial charge on any atom is 0.126 e. The molecule has 0 amide bonds. The largest absolute Gasteiger partial charge is 0.550 e. The summed E-state index contributed by atoms with van der Waals surface area (Å²) in [6, 6.07) is 6.12. The summed E-state index contributed by atoms with van der Waals surface area (Å²) in [5.74, 6) is -1.52. The molecule has 12 heavy (non-hydrogen) atoms. The first-order chi connectivity index (χ1) is 5.70. The molecule has 0 saturated heterocycles. The molecule has 0 heterocycles. The van der Waals surface area contributed by atoms with Crippen molar-refractivity contribution in [3.8, 4) is 0 Å². The Morgan fingerprint density at radius 1 is 1.42 bits per heavy atom. The zero-order valence-corrected chi connectivity index (χ0v) is 6.42. The van der Waals surface area contributed by atoms with Crippen LogP contribution in [0.1, 0.15) is 12.0 Å². The van der Waals surface area contributed by atoms with Crippen LogP contribution in [0.25, 0.3) is 0 Å². The minimum atomic E-state index is -1.15. The number of halogens is 1. The third-order valence-electron chi connectivity index (χ3n) is 1.56. The molecule has 1 aromatic rings. The molecule has 0 aliphatic rings. The Bertz CT molecular complexity index is 284. The molecule has 1 rings (SSSR count). The van der Waals surface area contributed by atoms with Crippen LogP contribution in [0.5, 0.6) is 0 Å². The standard InChI is InChI=1S/C9H9FO2/c10-8-4-2-1-3-7(8)5-6-9(11)12/h1-4H,5-6H2,(H,11,12)/p-1. The fraction of sp³-hybridized carbons (Fsp3) is 0.222. The highest BCUT2D eigenvalue weighted by Crippen LogP contribution is 2.07. The van der Waals surface area contributed by atoms with Gasteiger partial charge in [-0.15, -0.1) is 0 Å². The molecule has 64 valence electrons. The van der Waals surface area contributed by atoms with Gasteiger partial charge in [0, 0.05) is 5.97 Å². The molecule has 0 radical (unpaired) electrons. The van der Waals surface area contributed by atoms with Gasteiger partial charge >= 0.3 is 0 Å². The van der Waals surface area contributed by atoms with Gasteiger partial charge < -0.3 is 9.90 Å². The van der Waals surface area contributed by atoms with E-state index in [1.807, 2.05) is 0 Å². The quantitative estimate of drug-likeness (QED) is 0.658. The van der Waals surface area contributed by atoms with Gasteiger partial charge in [-0.05, 0) is 24.5 Å². The molecule has 0 unspecified atom stereocenters. The topological polar surface area (TPSA) is 40.1 Å². The molecule has 1 aromatic carbocycles. The summed E-state index contributed by atoms with van der Waals surface area (Å²) in [4.78, 5) is 10.1. The van der Waals surface area contributed by atoms with E-state index in [0.29, 0.717) is 5.56 Å². The van der Waals surface area contributed by atoms with Gasteiger partial charge in [0.15, 0.2) is 0 Å². The Hall–Kier alpha value is -1.38. The fourth-order valence-electron chi connectivity index (χ4n) is 0.938. The van der Waals surface area contributed by atoms with Crippen molar-refractivity contribution in [1.82, 2.24) is 0 Å². The average molecular weight is 167 g/mol. The Morgan fingerprint density at radius 2 is 2.08 bits per heavy atom. The number of hydrogen-bond acceptors (Lipinski definition) is 2. The van der Waals surface area contributed by atoms with Crippen molar-refractivity contribution in [3.63, 3.8) is 0 Å². The summed E-state index contributed by atoms with van der Waals surface area (Å²) >= 11 is 0. The number of carboxylic acids is 1. The molecule has 2 nitrogen and oxygen atoms in total. The van der Waals surface area contributed by atoms with E-state index in [4.69, 9.17) is 0 Å². The number of aryl methyl sites for hydroxylation is 1. The Kier molecular flexibility index (Phi) is 2.80. The van der Waals surface area contributed by atoms with Gasteiger partial charge in [0.05, 0.1) is 0 Å². The molecule has 0 bridgehead atoms. The van der Waals surface area contributed by atoms with Gasteiger partial charge in [-0.3, -0.25) is 0 Å². The van der Waals surface area contributed by atoms with E-state index < -0.39 is 5.97 Å². The monoisotopic (exact) mass is 167 g/mol. The molecule has 0 fully saturated rings. The first kappa shape index (κ1) is 8.71. The summed E-state index contributed by atoms with van der Waals surface area (Å²) in [6.07, 6.45) is 0.0515. The molecule has 3 heteroatoms. The van der Waals surface area contributed by atoms with Crippen molar-refractivity contribution >= 4 is 5.97 Å². The molecule has 0 aliphatic carbocycles. The lowest BCUT2D eigenvalue weighted by molar-refractivity contribution is -0.305. The lowest BCUT2D eigenvalue weighted by Crippen LogP contribution is -2.22. The van der Waals surface area contributed by atoms with Crippen LogP contribution in [0.4, 0.5) is 4.39 Å². The third-order valence-corrected chi connectivity index (χ3v) is 1.56. The number of aliphatic carboxylic acids is 1. The first-order valence-corrected chi connectivity index (χ1v) is 3.63. The van der Waals surface area contributed by atoms with Crippen LogP contribution >= 0.6 is 0 Å². The highest BCUT2D eigenvalue weighted by Gasteiger charge is 1.99. The number of carbonyl (C=O) groups is 1. The van der Waals surface area contributed by atoms with Crippen molar-refractivity contribution in [2.75, 3.05) is 0 Å². The summed E-state index contributed by atoms with van der Waals surface area (Å²) in [7, 11) is 0. The summed E-state index contributed by atoms with van der Waals surface area (Å²) in [6.45, 7) is 0. The van der Waals surface area contributed by atoms with Crippen molar-refractivity contribution in [2.45, 2.75) is 12.8 Å². The fourth-order valence-corrected chi connectivity index (χ4v) is 0.938. The molecule has 0 spiro atoms. The van der Waals surface area contributed by atoms with Crippen molar-refractivity contribution < 1.29 is 14.3 Å². The molecular formula is C9H8FO2-. The second-order valence-corrected chi connectivity index (χ2v) is 2.46. The molecule has 0 aromatic heterocycles. The molecule has 0 N–H and O–H groups in total. The summed E-state index contributed by atoms with van der Waals surface area (Å²) < 4.78 is 12.8. The van der Waals surface area contributed by atoms with E-state index in [2.05, 4.69) is 0 Å². The first-order valence-electron chi connectivity index (χ1n) is 3.63. The van der Waals surface area contributed by atoms with E-state index in [0.717, 1.165) is 0 Å². The number of carbonyl (C=O) groups excluding carboxylic acids is 1. The van der Waals surface area contributed by atoms with Gasteiger partial charge in [-0.2, -0.15) is 0 Å². The second kappa shape index (κ2) is 3.85. The van der Waals surface area contributed by atoms with E-state index in [1.165, 1.54) is 6.07 Å². The minimum Gasteiger partial charge on any atom is -0.550 e. The SMILES string of the molecule is O=C([O-])CCc1ccccc1F. The zero-order chi connectivity index (χ0) is 8.97. The van der Waals surface area contributed by atoms with Crippen LogP contribution in [0.3, 0.4) is 0 Å². The highest BCUT2D eigenvalue weighted by molar-refractivity contribution is 5.64. The maximum absolute atomic E-state index is 12.8. The Morgan fingerprint density at radius 3 is 2.67 bits per heavy atom. The average Bonchev–Trinajstić information content (AvgIpc) is 2.03. The number of benzene rings is 1. The number of rotatable bonds is 3. The molecule has 0 atom stereocenters. The van der Waals surface area contributed by atoms with Crippen molar-refractivity contribution in [3.05, 3.63) is 35.6 Å². The Labute approximate surface area is 69.6 Å². The van der Waals surface area contributed by atoms with Crippen LogP contribution < -0.4 is 5.11 Å². The van der Waals surface area contributed by atoms with E-state index >= 15 is 0 Å². The van der Waals surface area contributed by atoms with Crippen LogP contribution in [0.2, 0.25) is 0 Å². The van der Waals surface area contributed by atoms with Crippen molar-refractivity contribution in [2.24, 2.45) is 0 Å². The normalized spacial score (nSPS) is 9.75. The lowest BCUT2D eigenvalue weighted by atomic mass is 10.1. The second-order valence-electron chi connectivity index (χ2n) is 2.46. The number of carboxylic acid groups (broad SMARTS) is 1. The van der Waals surface area contributed by atoms with E-state index in [1.54, 1.807) is 18.2 Å². The lowest BCUT2D eigenvalue weighted by Gasteiger charge is -2.02. The number of hydrogen-bond donors (Lipinski definition) is 0. The minimum absolute atomic E-state index is 0.138. The predicted molar refractivity (Wildman–Crippen MR) is 39.7 cm³/mol. The van der Waals surface area contributed by atoms with Crippen LogP contribution in [-0.4, -0.2) is 5.97 Å². The smallest absolute Gasteiger partial charge is 0.126 e. The van der Waals surface area contributed by atoms with Crippen LogP contribution in [-0.2, 0) is 11.2 Å². The zero-order valence-electron chi connectivity index (χ0n) is 6.42. The van der Waals surface area contributed by atoms with Crippen molar-refractivity contribution in [1.29, 1.82) is 0 Å². The summed E-state index contributed by atoms with van der Waals surface area (Å²) in [5.41, 5.74) is 0.418. The highest BCUT2D eigenvalue weighted by atomic mass is 19.1. The van der Waals surface area contributed by atoms with Gasteiger partial charge in [0.2, 0.25) is 0 Å². The Balaban J connectivity index is 2.63. The molecule has 0 aliphatic heterocycles. The molecular weight excluding hydrogens is 159 g/mol. The molecule has 0 saturated carbocycles. The maximum atomic E-state index is 12.8. The van der Waals surface area contributed by atoms with Gasteiger partial charge in [0.1, 0.15) is 5.82 Å². The predicted octanol–water partition coefficient (Wildman–Crippen LogP) is 0.508. The van der Waals surface area contributed by atoms with Crippen LogP contribution in [0.15, 0.2) is 24.3 Å². The van der Waals surface area contributed by atoms with Crippen LogP contribution in [0, 0.1) is 5.82 Å². The van der Waals surface area contributed by atoms with Gasteiger partial charge in [-0.25, -0.2) is 4.39 Å². The van der Waals surface area contributed by atoms with Gasteiger partial charge in [-0.1, -0.05) is 18.2 Å². The third kappa shape index (κ3) is 2.34. The van der Waals surface area contributed by atoms with E-state index in [-0.39, 0.29) is 18.7 Å². The van der Waals surface area contributed by atoms with E-state index in [9.17, 15) is 14.3 Å².